The molecule has 1 aliphatic rings. The molecule has 2 atom stereocenters. The zero-order valence-corrected chi connectivity index (χ0v) is 10.8. The lowest BCUT2D eigenvalue weighted by Crippen LogP contribution is -2.36. The summed E-state index contributed by atoms with van der Waals surface area (Å²) in [4.78, 5) is 2.49. The van der Waals surface area contributed by atoms with Gasteiger partial charge in [-0.2, -0.15) is 0 Å². The number of unbranched alkanes of at least 4 members (excludes halogenated alkanes) is 1. The fourth-order valence-electron chi connectivity index (χ4n) is 2.17. The predicted molar refractivity (Wildman–Crippen MR) is 65.6 cm³/mol. The Hall–Kier alpha value is -0.0400. The number of hydrogen-bond donors (Lipinski definition) is 0. The highest BCUT2D eigenvalue weighted by atomic mass is 15.1. The summed E-state index contributed by atoms with van der Waals surface area (Å²) in [5.41, 5.74) is 0. The van der Waals surface area contributed by atoms with Crippen molar-refractivity contribution in [3.05, 3.63) is 0 Å². The van der Waals surface area contributed by atoms with Crippen LogP contribution in [0.15, 0.2) is 0 Å². The average Bonchev–Trinajstić information content (AvgIpc) is 2.22. The Morgan fingerprint density at radius 2 is 1.93 bits per heavy atom. The number of likely N-dealkylation sites (tertiary alicyclic amines) is 1. The van der Waals surface area contributed by atoms with Gasteiger partial charge in [0, 0.05) is 6.54 Å². The van der Waals surface area contributed by atoms with Crippen LogP contribution in [0.25, 0.3) is 0 Å². The number of piperidine rings is 1. The van der Waals surface area contributed by atoms with Gasteiger partial charge >= 0.3 is 0 Å². The van der Waals surface area contributed by atoms with Crippen molar-refractivity contribution in [1.82, 2.24) is 4.90 Å². The van der Waals surface area contributed by atoms with Gasteiger partial charge in [0.05, 0.1) is 0 Å². The minimum atomic E-state index is 0.966. The molecular weight excluding hydrogens is 170 g/mol. The van der Waals surface area contributed by atoms with Crippen LogP contribution in [-0.4, -0.2) is 25.0 Å². The molecule has 0 aromatic rings. The third-order valence-electron chi connectivity index (χ3n) is 3.25. The van der Waals surface area contributed by atoms with E-state index in [4.69, 9.17) is 0 Å². The second-order valence-electron chi connectivity index (χ2n) is 4.43. The van der Waals surface area contributed by atoms with E-state index in [1.165, 1.54) is 38.8 Å². The quantitative estimate of drug-likeness (QED) is 0.668. The molecule has 0 amide bonds. The van der Waals surface area contributed by atoms with Crippen molar-refractivity contribution in [3.63, 3.8) is 0 Å². The molecular formula is C13H29N. The van der Waals surface area contributed by atoms with Crippen LogP contribution in [0, 0.1) is 11.8 Å². The van der Waals surface area contributed by atoms with Crippen molar-refractivity contribution in [2.75, 3.05) is 20.1 Å². The van der Waals surface area contributed by atoms with Crippen molar-refractivity contribution in [1.29, 1.82) is 0 Å². The maximum Gasteiger partial charge on any atom is 0.000916 e. The monoisotopic (exact) mass is 199 g/mol. The Morgan fingerprint density at radius 3 is 2.50 bits per heavy atom. The fraction of sp³-hybridized carbons (Fsp3) is 1.00. The van der Waals surface area contributed by atoms with E-state index in [9.17, 15) is 0 Å². The van der Waals surface area contributed by atoms with Gasteiger partial charge in [-0.1, -0.05) is 40.5 Å². The Kier molecular flexibility index (Phi) is 8.26. The molecule has 1 aliphatic heterocycles. The van der Waals surface area contributed by atoms with E-state index in [1.807, 2.05) is 13.8 Å². The van der Waals surface area contributed by atoms with Gasteiger partial charge in [0.25, 0.3) is 0 Å². The maximum atomic E-state index is 2.49. The van der Waals surface area contributed by atoms with Crippen molar-refractivity contribution in [2.24, 2.45) is 11.8 Å². The molecule has 0 saturated carbocycles. The summed E-state index contributed by atoms with van der Waals surface area (Å²) in [6, 6.07) is 0. The first-order valence-electron chi connectivity index (χ1n) is 6.42. The minimum absolute atomic E-state index is 0.966. The topological polar surface area (TPSA) is 3.24 Å². The molecule has 2 unspecified atom stereocenters. The summed E-state index contributed by atoms with van der Waals surface area (Å²) >= 11 is 0. The third kappa shape index (κ3) is 4.99. The highest BCUT2D eigenvalue weighted by molar-refractivity contribution is 4.75. The SMILES string of the molecule is CC.CCCCC1CN(C)CCC1C. The van der Waals surface area contributed by atoms with Gasteiger partial charge in [-0.3, -0.25) is 0 Å². The Morgan fingerprint density at radius 1 is 1.29 bits per heavy atom. The van der Waals surface area contributed by atoms with E-state index < -0.39 is 0 Å². The zero-order valence-electron chi connectivity index (χ0n) is 10.8. The lowest BCUT2D eigenvalue weighted by atomic mass is 9.84. The highest BCUT2D eigenvalue weighted by Crippen LogP contribution is 2.26. The van der Waals surface area contributed by atoms with Gasteiger partial charge in [0.1, 0.15) is 0 Å². The molecule has 0 spiro atoms. The normalized spacial score (nSPS) is 28.1. The molecule has 1 heteroatoms. The molecule has 0 aromatic carbocycles. The first-order valence-corrected chi connectivity index (χ1v) is 6.42. The zero-order chi connectivity index (χ0) is 11.0. The van der Waals surface area contributed by atoms with Crippen LogP contribution in [0.4, 0.5) is 0 Å². The van der Waals surface area contributed by atoms with E-state index in [1.54, 1.807) is 0 Å². The molecule has 1 saturated heterocycles. The van der Waals surface area contributed by atoms with Crippen molar-refractivity contribution in [2.45, 2.75) is 53.4 Å². The van der Waals surface area contributed by atoms with Gasteiger partial charge in [0.15, 0.2) is 0 Å². The molecule has 1 fully saturated rings. The summed E-state index contributed by atoms with van der Waals surface area (Å²) in [6.07, 6.45) is 5.63. The molecule has 0 radical (unpaired) electrons. The minimum Gasteiger partial charge on any atom is -0.306 e. The average molecular weight is 199 g/mol. The van der Waals surface area contributed by atoms with E-state index in [2.05, 4.69) is 25.8 Å². The van der Waals surface area contributed by atoms with Crippen LogP contribution in [0.3, 0.4) is 0 Å². The van der Waals surface area contributed by atoms with E-state index in [0.717, 1.165) is 11.8 Å². The summed E-state index contributed by atoms with van der Waals surface area (Å²) in [5.74, 6) is 1.94. The number of rotatable bonds is 3. The Balaban J connectivity index is 0.000000791. The van der Waals surface area contributed by atoms with Crippen LogP contribution in [0.5, 0.6) is 0 Å². The molecule has 0 aromatic heterocycles. The second-order valence-corrected chi connectivity index (χ2v) is 4.43. The first kappa shape index (κ1) is 14.0. The van der Waals surface area contributed by atoms with Crippen molar-refractivity contribution < 1.29 is 0 Å². The van der Waals surface area contributed by atoms with E-state index >= 15 is 0 Å². The van der Waals surface area contributed by atoms with Crippen molar-refractivity contribution in [3.8, 4) is 0 Å². The van der Waals surface area contributed by atoms with Crippen LogP contribution < -0.4 is 0 Å². The second kappa shape index (κ2) is 8.28. The van der Waals surface area contributed by atoms with Gasteiger partial charge in [-0.25, -0.2) is 0 Å². The molecule has 1 heterocycles. The smallest absolute Gasteiger partial charge is 0.000916 e. The fourth-order valence-corrected chi connectivity index (χ4v) is 2.17. The highest BCUT2D eigenvalue weighted by Gasteiger charge is 2.23. The molecule has 1 nitrogen and oxygen atoms in total. The number of nitrogens with zero attached hydrogens (tertiary/aromatic N) is 1. The standard InChI is InChI=1S/C11H23N.C2H6/c1-4-5-6-11-9-12(3)8-7-10(11)2;1-2/h10-11H,4-9H2,1-3H3;1-2H3. The molecule has 14 heavy (non-hydrogen) atoms. The van der Waals surface area contributed by atoms with E-state index in [0.29, 0.717) is 0 Å². The summed E-state index contributed by atoms with van der Waals surface area (Å²) in [7, 11) is 2.25. The third-order valence-corrected chi connectivity index (χ3v) is 3.25. The summed E-state index contributed by atoms with van der Waals surface area (Å²) < 4.78 is 0. The Labute approximate surface area is 90.9 Å². The predicted octanol–water partition coefficient (Wildman–Crippen LogP) is 3.79. The van der Waals surface area contributed by atoms with Crippen LogP contribution in [-0.2, 0) is 0 Å². The van der Waals surface area contributed by atoms with Gasteiger partial charge in [-0.05, 0) is 38.3 Å². The first-order chi connectivity index (χ1) is 6.74. The molecule has 0 N–H and O–H groups in total. The largest absolute Gasteiger partial charge is 0.306 e. The lowest BCUT2D eigenvalue weighted by Gasteiger charge is -2.35. The van der Waals surface area contributed by atoms with E-state index in [-0.39, 0.29) is 0 Å². The lowest BCUT2D eigenvalue weighted by molar-refractivity contribution is 0.144. The molecule has 0 aliphatic carbocycles. The Bertz CT molecular complexity index is 122. The number of hydrogen-bond acceptors (Lipinski definition) is 1. The molecule has 1 rings (SSSR count). The van der Waals surface area contributed by atoms with Crippen LogP contribution in [0.2, 0.25) is 0 Å². The summed E-state index contributed by atoms with van der Waals surface area (Å²) in [6.45, 7) is 11.4. The maximum absolute atomic E-state index is 2.49. The van der Waals surface area contributed by atoms with Crippen molar-refractivity contribution >= 4 is 0 Å². The van der Waals surface area contributed by atoms with Gasteiger partial charge < -0.3 is 4.90 Å². The van der Waals surface area contributed by atoms with Gasteiger partial charge in [-0.15, -0.1) is 0 Å². The molecule has 86 valence electrons. The van der Waals surface area contributed by atoms with Crippen LogP contribution in [0.1, 0.15) is 53.4 Å². The van der Waals surface area contributed by atoms with Crippen LogP contribution >= 0.6 is 0 Å². The van der Waals surface area contributed by atoms with Gasteiger partial charge in [0.2, 0.25) is 0 Å². The molecule has 0 bridgehead atoms. The summed E-state index contributed by atoms with van der Waals surface area (Å²) in [5, 5.41) is 0.